The summed E-state index contributed by atoms with van der Waals surface area (Å²) in [6, 6.07) is 7.56. The molecule has 0 saturated carbocycles. The largest absolute Gasteiger partial charge is 0.487 e. The predicted molar refractivity (Wildman–Crippen MR) is 59.0 cm³/mol. The van der Waals surface area contributed by atoms with Crippen molar-refractivity contribution in [2.45, 2.75) is 13.5 Å². The molecule has 1 aromatic carbocycles. The van der Waals surface area contributed by atoms with Gasteiger partial charge in [0.05, 0.1) is 0 Å². The van der Waals surface area contributed by atoms with Crippen molar-refractivity contribution in [3.05, 3.63) is 47.7 Å². The third-order valence-electron chi connectivity index (χ3n) is 2.11. The van der Waals surface area contributed by atoms with Crippen LogP contribution in [0.25, 0.3) is 0 Å². The Bertz CT molecular complexity index is 533. The highest BCUT2D eigenvalue weighted by molar-refractivity contribution is 5.82. The standard InChI is InChI=1S/C12H11NO4/c1-8-3-2-4-10(5-8)16-6-9-7-17-11(13-9)12(14)15/h2-5,7H,6H2,1H3,(H,14,15). The van der Waals surface area contributed by atoms with E-state index in [-0.39, 0.29) is 12.5 Å². The summed E-state index contributed by atoms with van der Waals surface area (Å²) in [5.74, 6) is -0.801. The molecule has 1 heterocycles. The van der Waals surface area contributed by atoms with Crippen LogP contribution in [-0.4, -0.2) is 16.1 Å². The van der Waals surface area contributed by atoms with Crippen molar-refractivity contribution in [1.82, 2.24) is 4.98 Å². The lowest BCUT2D eigenvalue weighted by molar-refractivity contribution is 0.0653. The predicted octanol–water partition coefficient (Wildman–Crippen LogP) is 2.26. The first kappa shape index (κ1) is 11.2. The average molecular weight is 233 g/mol. The van der Waals surface area contributed by atoms with Gasteiger partial charge < -0.3 is 14.3 Å². The maximum absolute atomic E-state index is 10.5. The van der Waals surface area contributed by atoms with Crippen LogP contribution < -0.4 is 4.74 Å². The molecule has 0 saturated heterocycles. The molecular formula is C12H11NO4. The Hall–Kier alpha value is -2.30. The molecule has 17 heavy (non-hydrogen) atoms. The van der Waals surface area contributed by atoms with Crippen LogP contribution in [0.5, 0.6) is 5.75 Å². The number of rotatable bonds is 4. The lowest BCUT2D eigenvalue weighted by atomic mass is 10.2. The van der Waals surface area contributed by atoms with Crippen LogP contribution in [0.2, 0.25) is 0 Å². The molecule has 88 valence electrons. The molecule has 5 heteroatoms. The molecule has 0 bridgehead atoms. The molecule has 2 rings (SSSR count). The van der Waals surface area contributed by atoms with E-state index in [1.165, 1.54) is 6.26 Å². The molecule has 1 N–H and O–H groups in total. The Morgan fingerprint density at radius 1 is 1.53 bits per heavy atom. The number of oxazole rings is 1. The fourth-order valence-electron chi connectivity index (χ4n) is 1.33. The van der Waals surface area contributed by atoms with Crippen molar-refractivity contribution >= 4 is 5.97 Å². The summed E-state index contributed by atoms with van der Waals surface area (Å²) in [7, 11) is 0. The topological polar surface area (TPSA) is 72.6 Å². The molecule has 0 unspecified atom stereocenters. The van der Waals surface area contributed by atoms with Gasteiger partial charge in [-0.05, 0) is 24.6 Å². The van der Waals surface area contributed by atoms with E-state index < -0.39 is 5.97 Å². The molecule has 0 fully saturated rings. The van der Waals surface area contributed by atoms with Gasteiger partial charge in [0, 0.05) is 0 Å². The zero-order valence-corrected chi connectivity index (χ0v) is 9.21. The summed E-state index contributed by atoms with van der Waals surface area (Å²) in [4.78, 5) is 14.3. The molecule has 0 aliphatic rings. The number of benzene rings is 1. The van der Waals surface area contributed by atoms with Gasteiger partial charge in [-0.25, -0.2) is 9.78 Å². The molecule has 1 aromatic heterocycles. The molecule has 0 atom stereocenters. The van der Waals surface area contributed by atoms with Crippen molar-refractivity contribution in [2.75, 3.05) is 0 Å². The second-order valence-corrected chi connectivity index (χ2v) is 3.55. The first-order chi connectivity index (χ1) is 8.15. The molecular weight excluding hydrogens is 222 g/mol. The van der Waals surface area contributed by atoms with Crippen molar-refractivity contribution in [2.24, 2.45) is 0 Å². The second-order valence-electron chi connectivity index (χ2n) is 3.55. The smallest absolute Gasteiger partial charge is 0.392 e. The minimum Gasteiger partial charge on any atom is -0.487 e. The van der Waals surface area contributed by atoms with Crippen molar-refractivity contribution in [3.63, 3.8) is 0 Å². The number of carboxylic acid groups (broad SMARTS) is 1. The highest BCUT2D eigenvalue weighted by Crippen LogP contribution is 2.14. The number of hydrogen-bond acceptors (Lipinski definition) is 4. The quantitative estimate of drug-likeness (QED) is 0.876. The van der Waals surface area contributed by atoms with E-state index in [4.69, 9.17) is 14.3 Å². The zero-order valence-electron chi connectivity index (χ0n) is 9.21. The van der Waals surface area contributed by atoms with Crippen molar-refractivity contribution < 1.29 is 19.1 Å². The number of hydrogen-bond donors (Lipinski definition) is 1. The summed E-state index contributed by atoms with van der Waals surface area (Å²) >= 11 is 0. The monoisotopic (exact) mass is 233 g/mol. The zero-order chi connectivity index (χ0) is 12.3. The number of aromatic carboxylic acids is 1. The number of aryl methyl sites for hydroxylation is 1. The Kier molecular flexibility index (Phi) is 3.09. The fourth-order valence-corrected chi connectivity index (χ4v) is 1.33. The van der Waals surface area contributed by atoms with Crippen LogP contribution in [-0.2, 0) is 6.61 Å². The molecule has 0 spiro atoms. The van der Waals surface area contributed by atoms with E-state index in [1.807, 2.05) is 31.2 Å². The van der Waals surface area contributed by atoms with Gasteiger partial charge in [-0.1, -0.05) is 12.1 Å². The molecule has 2 aromatic rings. The van der Waals surface area contributed by atoms with Crippen LogP contribution in [0.15, 0.2) is 34.9 Å². The van der Waals surface area contributed by atoms with Crippen LogP contribution in [0.3, 0.4) is 0 Å². The molecule has 0 aliphatic heterocycles. The van der Waals surface area contributed by atoms with E-state index in [2.05, 4.69) is 4.98 Å². The maximum Gasteiger partial charge on any atom is 0.392 e. The van der Waals surface area contributed by atoms with Gasteiger partial charge in [0.15, 0.2) is 0 Å². The van der Waals surface area contributed by atoms with Crippen LogP contribution >= 0.6 is 0 Å². The Labute approximate surface area is 97.7 Å². The van der Waals surface area contributed by atoms with Gasteiger partial charge in [0.1, 0.15) is 24.3 Å². The minimum atomic E-state index is -1.19. The van der Waals surface area contributed by atoms with E-state index in [0.29, 0.717) is 11.4 Å². The number of nitrogens with zero attached hydrogens (tertiary/aromatic N) is 1. The Morgan fingerprint density at radius 3 is 3.00 bits per heavy atom. The third kappa shape index (κ3) is 2.84. The number of carboxylic acids is 1. The minimum absolute atomic E-state index is 0.181. The molecule has 0 aliphatic carbocycles. The molecule has 0 radical (unpaired) electrons. The second kappa shape index (κ2) is 4.69. The van der Waals surface area contributed by atoms with E-state index in [1.54, 1.807) is 0 Å². The summed E-state index contributed by atoms with van der Waals surface area (Å²) in [5, 5.41) is 8.62. The summed E-state index contributed by atoms with van der Waals surface area (Å²) in [6.07, 6.45) is 1.28. The summed E-state index contributed by atoms with van der Waals surface area (Å²) in [5.41, 5.74) is 1.54. The van der Waals surface area contributed by atoms with Crippen LogP contribution in [0.1, 0.15) is 21.9 Å². The number of aromatic nitrogens is 1. The summed E-state index contributed by atoms with van der Waals surface area (Å²) in [6.45, 7) is 2.14. The SMILES string of the molecule is Cc1cccc(OCc2coc(C(=O)O)n2)c1. The third-order valence-corrected chi connectivity index (χ3v) is 2.11. The summed E-state index contributed by atoms with van der Waals surface area (Å²) < 4.78 is 10.2. The highest BCUT2D eigenvalue weighted by Gasteiger charge is 2.11. The van der Waals surface area contributed by atoms with Gasteiger partial charge in [-0.15, -0.1) is 0 Å². The van der Waals surface area contributed by atoms with Crippen LogP contribution in [0.4, 0.5) is 0 Å². The number of carbonyl (C=O) groups is 1. The highest BCUT2D eigenvalue weighted by atomic mass is 16.5. The van der Waals surface area contributed by atoms with Gasteiger partial charge in [0.2, 0.25) is 0 Å². The lowest BCUT2D eigenvalue weighted by Gasteiger charge is -2.03. The molecule has 5 nitrogen and oxygen atoms in total. The maximum atomic E-state index is 10.5. The number of ether oxygens (including phenoxy) is 1. The van der Waals surface area contributed by atoms with E-state index >= 15 is 0 Å². The van der Waals surface area contributed by atoms with Crippen LogP contribution in [0, 0.1) is 6.92 Å². The van der Waals surface area contributed by atoms with E-state index in [9.17, 15) is 4.79 Å². The average Bonchev–Trinajstić information content (AvgIpc) is 2.75. The fraction of sp³-hybridized carbons (Fsp3) is 0.167. The van der Waals surface area contributed by atoms with E-state index in [0.717, 1.165) is 5.56 Å². The Balaban J connectivity index is 2.00. The normalized spacial score (nSPS) is 10.2. The van der Waals surface area contributed by atoms with Gasteiger partial charge >= 0.3 is 11.9 Å². The van der Waals surface area contributed by atoms with Crippen molar-refractivity contribution in [1.29, 1.82) is 0 Å². The van der Waals surface area contributed by atoms with Crippen molar-refractivity contribution in [3.8, 4) is 5.75 Å². The Morgan fingerprint density at radius 2 is 2.35 bits per heavy atom. The first-order valence-electron chi connectivity index (χ1n) is 5.02. The van der Waals surface area contributed by atoms with Gasteiger partial charge in [-0.3, -0.25) is 0 Å². The van der Waals surface area contributed by atoms with Gasteiger partial charge in [-0.2, -0.15) is 0 Å². The first-order valence-corrected chi connectivity index (χ1v) is 5.02. The lowest BCUT2D eigenvalue weighted by Crippen LogP contribution is -1.99. The van der Waals surface area contributed by atoms with Gasteiger partial charge in [0.25, 0.3) is 0 Å². The molecule has 0 amide bonds.